The zero-order valence-corrected chi connectivity index (χ0v) is 11.8. The van der Waals surface area contributed by atoms with Gasteiger partial charge in [0.2, 0.25) is 0 Å². The van der Waals surface area contributed by atoms with Gasteiger partial charge < -0.3 is 5.11 Å². The van der Waals surface area contributed by atoms with Gasteiger partial charge in [-0.25, -0.2) is 4.98 Å². The minimum atomic E-state index is -0.0270. The molecule has 0 atom stereocenters. The Morgan fingerprint density at radius 2 is 1.86 bits per heavy atom. The number of pyridine rings is 1. The monoisotopic (exact) mass is 287 g/mol. The maximum Gasteiger partial charge on any atom is 0.189 e. The molecule has 0 aliphatic heterocycles. The maximum absolute atomic E-state index is 12.4. The summed E-state index contributed by atoms with van der Waals surface area (Å²) in [6.45, 7) is 0. The van der Waals surface area contributed by atoms with Crippen LogP contribution in [0.2, 0.25) is 0 Å². The molecule has 0 spiro atoms. The van der Waals surface area contributed by atoms with Gasteiger partial charge in [-0.15, -0.1) is 0 Å². The van der Waals surface area contributed by atoms with Crippen LogP contribution in [0.5, 0.6) is 5.75 Å². The number of rotatable bonds is 1. The number of aromatic hydroxyl groups is 1. The number of benzene rings is 2. The average molecular weight is 287 g/mol. The van der Waals surface area contributed by atoms with Crippen molar-refractivity contribution >= 4 is 22.8 Å². The van der Waals surface area contributed by atoms with Gasteiger partial charge in [-0.2, -0.15) is 0 Å². The number of phenolic OH excluding ortho intramolecular Hbond substituents is 1. The summed E-state index contributed by atoms with van der Waals surface area (Å²) in [5.41, 5.74) is 3.63. The van der Waals surface area contributed by atoms with Gasteiger partial charge in [-0.3, -0.25) is 4.79 Å². The first-order valence-corrected chi connectivity index (χ1v) is 7.14. The Bertz CT molecular complexity index is 941. The van der Waals surface area contributed by atoms with Gasteiger partial charge in [0.05, 0.1) is 11.2 Å². The molecule has 0 saturated heterocycles. The molecule has 106 valence electrons. The van der Waals surface area contributed by atoms with Crippen molar-refractivity contribution in [3.63, 3.8) is 0 Å². The number of carbonyl (C=O) groups excluding carboxylic acids is 1. The predicted molar refractivity (Wildman–Crippen MR) is 85.9 cm³/mol. The molecule has 0 radical (unpaired) electrons. The highest BCUT2D eigenvalue weighted by atomic mass is 16.3. The largest absolute Gasteiger partial charge is 0.508 e. The summed E-state index contributed by atoms with van der Waals surface area (Å²) in [5, 5.41) is 11.0. The number of carbonyl (C=O) groups is 1. The van der Waals surface area contributed by atoms with Crippen molar-refractivity contribution in [2.45, 2.75) is 6.42 Å². The van der Waals surface area contributed by atoms with E-state index in [2.05, 4.69) is 4.98 Å². The molecule has 3 aromatic rings. The van der Waals surface area contributed by atoms with Crippen molar-refractivity contribution in [3.05, 3.63) is 77.0 Å². The van der Waals surface area contributed by atoms with Crippen molar-refractivity contribution in [2.75, 3.05) is 0 Å². The summed E-state index contributed by atoms with van der Waals surface area (Å²) in [6.07, 6.45) is 2.27. The van der Waals surface area contributed by atoms with Crippen LogP contribution in [-0.4, -0.2) is 15.9 Å². The van der Waals surface area contributed by atoms with E-state index in [9.17, 15) is 9.90 Å². The molecule has 0 amide bonds. The third-order valence-corrected chi connectivity index (χ3v) is 4.00. The van der Waals surface area contributed by atoms with Crippen LogP contribution in [0.15, 0.2) is 60.2 Å². The van der Waals surface area contributed by atoms with E-state index in [0.29, 0.717) is 23.1 Å². The summed E-state index contributed by atoms with van der Waals surface area (Å²) >= 11 is 0. The van der Waals surface area contributed by atoms with Crippen molar-refractivity contribution < 1.29 is 9.90 Å². The third kappa shape index (κ3) is 1.99. The molecule has 1 N–H and O–H groups in total. The number of allylic oxidation sites excluding steroid dienone is 1. The summed E-state index contributed by atoms with van der Waals surface area (Å²) in [7, 11) is 0. The smallest absolute Gasteiger partial charge is 0.189 e. The number of hydrogen-bond donors (Lipinski definition) is 1. The van der Waals surface area contributed by atoms with Gasteiger partial charge in [-0.1, -0.05) is 36.4 Å². The number of para-hydroxylation sites is 1. The number of fused-ring (bicyclic) bond motifs is 2. The van der Waals surface area contributed by atoms with Crippen molar-refractivity contribution in [2.24, 2.45) is 0 Å². The fourth-order valence-electron chi connectivity index (χ4n) is 2.87. The van der Waals surface area contributed by atoms with Crippen molar-refractivity contribution in [1.82, 2.24) is 4.98 Å². The van der Waals surface area contributed by atoms with E-state index in [4.69, 9.17) is 0 Å². The molecule has 2 aromatic carbocycles. The number of ketones is 1. The molecule has 0 fully saturated rings. The molecule has 1 aliphatic rings. The fourth-order valence-corrected chi connectivity index (χ4v) is 2.87. The van der Waals surface area contributed by atoms with E-state index in [-0.39, 0.29) is 11.5 Å². The van der Waals surface area contributed by atoms with Crippen LogP contribution in [0.25, 0.3) is 17.0 Å². The van der Waals surface area contributed by atoms with E-state index < -0.39 is 0 Å². The molecule has 0 unspecified atom stereocenters. The number of nitrogens with zero attached hydrogens (tertiary/aromatic N) is 1. The van der Waals surface area contributed by atoms with Crippen LogP contribution < -0.4 is 0 Å². The highest BCUT2D eigenvalue weighted by molar-refractivity contribution is 6.16. The lowest BCUT2D eigenvalue weighted by Gasteiger charge is -2.00. The van der Waals surface area contributed by atoms with Crippen LogP contribution in [0, 0.1) is 0 Å². The Labute approximate surface area is 127 Å². The maximum atomic E-state index is 12.4. The Hall–Kier alpha value is -2.94. The van der Waals surface area contributed by atoms with Gasteiger partial charge in [0, 0.05) is 28.5 Å². The molecule has 0 saturated carbocycles. The Morgan fingerprint density at radius 3 is 2.73 bits per heavy atom. The lowest BCUT2D eigenvalue weighted by molar-refractivity contribution is 0.104. The number of phenols is 1. The number of Topliss-reactive ketones (excluding diaryl/α,β-unsaturated/α-hetero) is 1. The minimum Gasteiger partial charge on any atom is -0.508 e. The molecular weight excluding hydrogens is 274 g/mol. The topological polar surface area (TPSA) is 50.2 Å². The summed E-state index contributed by atoms with van der Waals surface area (Å²) in [4.78, 5) is 17.0. The number of aromatic nitrogens is 1. The minimum absolute atomic E-state index is 0.0270. The zero-order chi connectivity index (χ0) is 15.1. The molecule has 0 bridgehead atoms. The summed E-state index contributed by atoms with van der Waals surface area (Å²) in [6, 6.07) is 16.9. The zero-order valence-electron chi connectivity index (χ0n) is 11.8. The van der Waals surface area contributed by atoms with Crippen LogP contribution in [0.4, 0.5) is 0 Å². The first-order valence-electron chi connectivity index (χ1n) is 7.14. The van der Waals surface area contributed by atoms with Gasteiger partial charge >= 0.3 is 0 Å². The van der Waals surface area contributed by atoms with Crippen molar-refractivity contribution in [3.8, 4) is 5.75 Å². The highest BCUT2D eigenvalue weighted by Gasteiger charge is 2.26. The Kier molecular flexibility index (Phi) is 2.79. The van der Waals surface area contributed by atoms with E-state index in [0.717, 1.165) is 16.6 Å². The van der Waals surface area contributed by atoms with Gasteiger partial charge in [0.1, 0.15) is 5.75 Å². The lowest BCUT2D eigenvalue weighted by atomic mass is 10.1. The van der Waals surface area contributed by atoms with E-state index in [1.54, 1.807) is 18.2 Å². The van der Waals surface area contributed by atoms with Gasteiger partial charge in [-0.05, 0) is 24.3 Å². The molecule has 4 rings (SSSR count). The quantitative estimate of drug-likeness (QED) is 0.693. The average Bonchev–Trinajstić information content (AvgIpc) is 2.85. The van der Waals surface area contributed by atoms with Crippen molar-refractivity contribution in [1.29, 1.82) is 0 Å². The van der Waals surface area contributed by atoms with Gasteiger partial charge in [0.15, 0.2) is 5.78 Å². The summed E-state index contributed by atoms with van der Waals surface area (Å²) in [5.74, 6) is 0.154. The van der Waals surface area contributed by atoms with E-state index in [1.165, 1.54) is 0 Å². The second-order valence-corrected chi connectivity index (χ2v) is 5.41. The second kappa shape index (κ2) is 4.81. The van der Waals surface area contributed by atoms with Crippen LogP contribution in [-0.2, 0) is 6.42 Å². The van der Waals surface area contributed by atoms with E-state index >= 15 is 0 Å². The van der Waals surface area contributed by atoms with Crippen LogP contribution in [0.3, 0.4) is 0 Å². The number of hydrogen-bond acceptors (Lipinski definition) is 3. The van der Waals surface area contributed by atoms with Gasteiger partial charge in [0.25, 0.3) is 0 Å². The highest BCUT2D eigenvalue weighted by Crippen LogP contribution is 2.33. The van der Waals surface area contributed by atoms with Crippen LogP contribution in [0.1, 0.15) is 21.6 Å². The molecule has 1 aromatic heterocycles. The first kappa shape index (κ1) is 12.8. The first-order chi connectivity index (χ1) is 10.7. The third-order valence-electron chi connectivity index (χ3n) is 4.00. The Balaban J connectivity index is 1.77. The SMILES string of the molecule is O=C1C(=Cc2ccc3ccccc3n2)Cc2c(O)cccc21. The molecule has 1 heterocycles. The standard InChI is InChI=1S/C19H13NO2/c21-18-7-3-5-15-16(18)11-13(19(15)22)10-14-9-8-12-4-1-2-6-17(12)20-14/h1-10,21H,11H2. The normalized spacial score (nSPS) is 15.5. The van der Waals surface area contributed by atoms with E-state index in [1.807, 2.05) is 42.5 Å². The fraction of sp³-hybridized carbons (Fsp3) is 0.0526. The molecule has 22 heavy (non-hydrogen) atoms. The Morgan fingerprint density at radius 1 is 1.00 bits per heavy atom. The van der Waals surface area contributed by atoms with Crippen LogP contribution >= 0.6 is 0 Å². The summed E-state index contributed by atoms with van der Waals surface area (Å²) < 4.78 is 0. The molecule has 1 aliphatic carbocycles. The predicted octanol–water partition coefficient (Wildman–Crippen LogP) is 3.76. The lowest BCUT2D eigenvalue weighted by Crippen LogP contribution is -1.95. The molecule has 3 heteroatoms. The second-order valence-electron chi connectivity index (χ2n) is 5.41. The molecule has 3 nitrogen and oxygen atoms in total. The molecular formula is C19H13NO2.